The van der Waals surface area contributed by atoms with E-state index in [2.05, 4.69) is 9.71 Å². The summed E-state index contributed by atoms with van der Waals surface area (Å²) in [7, 11) is -3.66. The van der Waals surface area contributed by atoms with E-state index in [-0.39, 0.29) is 16.9 Å². The minimum absolute atomic E-state index is 0.147. The summed E-state index contributed by atoms with van der Waals surface area (Å²) in [6.07, 6.45) is 1.68. The summed E-state index contributed by atoms with van der Waals surface area (Å²) < 4.78 is 28.9. The molecule has 4 nitrogen and oxygen atoms in total. The maximum atomic E-state index is 13.0. The van der Waals surface area contributed by atoms with Crippen molar-refractivity contribution in [1.29, 1.82) is 0 Å². The molecule has 3 aromatic rings. The van der Waals surface area contributed by atoms with Gasteiger partial charge in [-0.25, -0.2) is 13.1 Å². The molecule has 0 amide bonds. The zero-order chi connectivity index (χ0) is 17.3. The van der Waals surface area contributed by atoms with Gasteiger partial charge in [0.25, 0.3) is 0 Å². The first-order chi connectivity index (χ1) is 11.4. The fourth-order valence-electron chi connectivity index (χ4n) is 2.74. The van der Waals surface area contributed by atoms with E-state index in [1.807, 2.05) is 38.3 Å². The van der Waals surface area contributed by atoms with Gasteiger partial charge in [0.15, 0.2) is 0 Å². The lowest BCUT2D eigenvalue weighted by molar-refractivity contribution is 0.469. The average Bonchev–Trinajstić information content (AvgIpc) is 3.07. The van der Waals surface area contributed by atoms with E-state index in [9.17, 15) is 8.42 Å². The van der Waals surface area contributed by atoms with E-state index in [1.54, 1.807) is 41.8 Å². The maximum Gasteiger partial charge on any atom is 0.241 e. The van der Waals surface area contributed by atoms with Gasteiger partial charge in [-0.3, -0.25) is 4.98 Å². The van der Waals surface area contributed by atoms with E-state index in [0.717, 1.165) is 16.0 Å². The first kappa shape index (κ1) is 17.1. The molecule has 0 spiro atoms. The zero-order valence-corrected chi connectivity index (χ0v) is 15.5. The molecule has 126 valence electrons. The predicted octanol–water partition coefficient (Wildman–Crippen LogP) is 4.28. The van der Waals surface area contributed by atoms with Crippen LogP contribution in [0.2, 0.25) is 0 Å². The van der Waals surface area contributed by atoms with E-state index in [1.165, 1.54) is 0 Å². The van der Waals surface area contributed by atoms with Crippen molar-refractivity contribution in [3.8, 4) is 0 Å². The van der Waals surface area contributed by atoms with Crippen LogP contribution >= 0.6 is 11.3 Å². The molecular formula is C18H20N2O2S2. The molecule has 2 heterocycles. The van der Waals surface area contributed by atoms with Gasteiger partial charge in [0, 0.05) is 16.5 Å². The first-order valence-electron chi connectivity index (χ1n) is 7.80. The lowest BCUT2D eigenvalue weighted by Crippen LogP contribution is -2.31. The number of nitrogens with zero attached hydrogens (tertiary/aromatic N) is 1. The number of rotatable bonds is 5. The number of nitrogens with one attached hydrogen (secondary N) is 1. The van der Waals surface area contributed by atoms with Crippen molar-refractivity contribution >= 4 is 32.3 Å². The van der Waals surface area contributed by atoms with Crippen LogP contribution in [0.1, 0.15) is 30.3 Å². The quantitative estimate of drug-likeness (QED) is 0.739. The van der Waals surface area contributed by atoms with Gasteiger partial charge in [0.2, 0.25) is 10.0 Å². The standard InChI is InChI=1S/C18H20N2O2S2/c1-12(2)17(15-7-5-11-23-15)20-24(21,22)16-9-8-13(3)18-14(16)6-4-10-19-18/h4-12,17,20H,1-3H3. The molecule has 6 heteroatoms. The number of hydrogen-bond donors (Lipinski definition) is 1. The summed E-state index contributed by atoms with van der Waals surface area (Å²) in [4.78, 5) is 5.62. The third-order valence-corrected chi connectivity index (χ3v) is 6.47. The Hall–Kier alpha value is -1.76. The van der Waals surface area contributed by atoms with Crippen LogP contribution in [0.5, 0.6) is 0 Å². The second-order valence-corrected chi connectivity index (χ2v) is 8.80. The first-order valence-corrected chi connectivity index (χ1v) is 10.2. The predicted molar refractivity (Wildman–Crippen MR) is 98.7 cm³/mol. The number of sulfonamides is 1. The molecule has 0 aliphatic carbocycles. The Bertz CT molecular complexity index is 948. The largest absolute Gasteiger partial charge is 0.256 e. The van der Waals surface area contributed by atoms with Crippen LogP contribution in [-0.2, 0) is 10.0 Å². The molecule has 0 aliphatic heterocycles. The van der Waals surface area contributed by atoms with Crippen molar-refractivity contribution < 1.29 is 8.42 Å². The van der Waals surface area contributed by atoms with Crippen LogP contribution in [0.25, 0.3) is 10.9 Å². The molecule has 0 bridgehead atoms. The van der Waals surface area contributed by atoms with Gasteiger partial charge in [-0.2, -0.15) is 0 Å². The van der Waals surface area contributed by atoms with Crippen LogP contribution in [0.3, 0.4) is 0 Å². The summed E-state index contributed by atoms with van der Waals surface area (Å²) >= 11 is 1.56. The number of aryl methyl sites for hydroxylation is 1. The summed E-state index contributed by atoms with van der Waals surface area (Å²) in [5.74, 6) is 0.147. The second kappa shape index (κ2) is 6.63. The Morgan fingerprint density at radius 2 is 1.92 bits per heavy atom. The second-order valence-electron chi connectivity index (χ2n) is 6.14. The molecular weight excluding hydrogens is 340 g/mol. The third kappa shape index (κ3) is 3.22. The summed E-state index contributed by atoms with van der Waals surface area (Å²) in [5, 5.41) is 2.61. The topological polar surface area (TPSA) is 59.1 Å². The lowest BCUT2D eigenvalue weighted by Gasteiger charge is -2.21. The minimum Gasteiger partial charge on any atom is -0.256 e. The Labute approximate surface area is 146 Å². The van der Waals surface area contributed by atoms with Crippen molar-refractivity contribution in [2.45, 2.75) is 31.7 Å². The molecule has 0 radical (unpaired) electrons. The summed E-state index contributed by atoms with van der Waals surface area (Å²) in [6, 6.07) is 10.7. The molecule has 3 rings (SSSR count). The number of hydrogen-bond acceptors (Lipinski definition) is 4. The Kier molecular flexibility index (Phi) is 4.71. The number of pyridine rings is 1. The van der Waals surface area contributed by atoms with Crippen molar-refractivity contribution in [2.75, 3.05) is 0 Å². The normalized spacial score (nSPS) is 13.5. The molecule has 1 N–H and O–H groups in total. The van der Waals surface area contributed by atoms with Gasteiger partial charge in [-0.15, -0.1) is 11.3 Å². The van der Waals surface area contributed by atoms with Crippen LogP contribution in [0, 0.1) is 12.8 Å². The molecule has 0 aliphatic rings. The van der Waals surface area contributed by atoms with Gasteiger partial charge < -0.3 is 0 Å². The van der Waals surface area contributed by atoms with E-state index >= 15 is 0 Å². The molecule has 1 aromatic carbocycles. The fourth-order valence-corrected chi connectivity index (χ4v) is 5.33. The van der Waals surface area contributed by atoms with Crippen LogP contribution in [-0.4, -0.2) is 13.4 Å². The van der Waals surface area contributed by atoms with Crippen LogP contribution < -0.4 is 4.72 Å². The van der Waals surface area contributed by atoms with Crippen molar-refractivity contribution in [2.24, 2.45) is 5.92 Å². The highest BCUT2D eigenvalue weighted by Gasteiger charge is 2.26. The monoisotopic (exact) mass is 360 g/mol. The highest BCUT2D eigenvalue weighted by molar-refractivity contribution is 7.89. The summed E-state index contributed by atoms with van der Waals surface area (Å²) in [5.41, 5.74) is 1.68. The van der Waals surface area contributed by atoms with E-state index < -0.39 is 10.0 Å². The highest BCUT2D eigenvalue weighted by Crippen LogP contribution is 2.30. The Morgan fingerprint density at radius 3 is 2.58 bits per heavy atom. The van der Waals surface area contributed by atoms with Crippen molar-refractivity contribution in [3.05, 3.63) is 58.4 Å². The van der Waals surface area contributed by atoms with Crippen LogP contribution in [0.15, 0.2) is 52.9 Å². The van der Waals surface area contributed by atoms with Gasteiger partial charge >= 0.3 is 0 Å². The Balaban J connectivity index is 2.07. The van der Waals surface area contributed by atoms with E-state index in [4.69, 9.17) is 0 Å². The molecule has 0 saturated carbocycles. The smallest absolute Gasteiger partial charge is 0.241 e. The fraction of sp³-hybridized carbons (Fsp3) is 0.278. The molecule has 1 atom stereocenters. The van der Waals surface area contributed by atoms with Crippen molar-refractivity contribution in [3.63, 3.8) is 0 Å². The van der Waals surface area contributed by atoms with Gasteiger partial charge in [0.1, 0.15) is 0 Å². The van der Waals surface area contributed by atoms with E-state index in [0.29, 0.717) is 5.39 Å². The van der Waals surface area contributed by atoms with Crippen molar-refractivity contribution in [1.82, 2.24) is 9.71 Å². The number of aromatic nitrogens is 1. The average molecular weight is 361 g/mol. The van der Waals surface area contributed by atoms with Crippen LogP contribution in [0.4, 0.5) is 0 Å². The van der Waals surface area contributed by atoms with Gasteiger partial charge in [0.05, 0.1) is 16.5 Å². The molecule has 1 unspecified atom stereocenters. The summed E-state index contributed by atoms with van der Waals surface area (Å²) in [6.45, 7) is 5.96. The lowest BCUT2D eigenvalue weighted by atomic mass is 10.0. The highest BCUT2D eigenvalue weighted by atomic mass is 32.2. The number of fused-ring (bicyclic) bond motifs is 1. The SMILES string of the molecule is Cc1ccc(S(=O)(=O)NC(c2cccs2)C(C)C)c2cccnc12. The number of thiophene rings is 1. The zero-order valence-electron chi connectivity index (χ0n) is 13.9. The number of benzene rings is 1. The molecule has 0 fully saturated rings. The molecule has 0 saturated heterocycles. The third-order valence-electron chi connectivity index (χ3n) is 4.02. The Morgan fingerprint density at radius 1 is 1.12 bits per heavy atom. The van der Waals surface area contributed by atoms with Gasteiger partial charge in [-0.05, 0) is 48.1 Å². The molecule has 2 aromatic heterocycles. The maximum absolute atomic E-state index is 13.0. The minimum atomic E-state index is -3.66. The van der Waals surface area contributed by atoms with Gasteiger partial charge in [-0.1, -0.05) is 26.0 Å². The molecule has 24 heavy (non-hydrogen) atoms.